The molecule has 3 heteroatoms. The molecular formula is C16H23NO2. The molecule has 0 radical (unpaired) electrons. The van der Waals surface area contributed by atoms with Crippen LogP contribution < -0.4 is 5.32 Å². The van der Waals surface area contributed by atoms with Crippen molar-refractivity contribution >= 4 is 5.91 Å². The first kappa shape index (κ1) is 13.9. The van der Waals surface area contributed by atoms with Gasteiger partial charge >= 0.3 is 0 Å². The number of phenolic OH excluding ortho intramolecular Hbond substituents is 1. The number of phenols is 1. The van der Waals surface area contributed by atoms with Crippen molar-refractivity contribution < 1.29 is 9.90 Å². The lowest BCUT2D eigenvalue weighted by molar-refractivity contribution is 0.0920. The van der Waals surface area contributed by atoms with E-state index in [1.165, 1.54) is 25.7 Å². The third-order valence-electron chi connectivity index (χ3n) is 4.23. The van der Waals surface area contributed by atoms with E-state index in [-0.39, 0.29) is 17.7 Å². The average Bonchev–Trinajstić information content (AvgIpc) is 2.58. The highest BCUT2D eigenvalue weighted by Gasteiger charge is 2.22. The Bertz CT molecular complexity index is 456. The molecule has 1 amide bonds. The van der Waals surface area contributed by atoms with Crippen LogP contribution in [0.25, 0.3) is 0 Å². The molecule has 2 atom stereocenters. The molecule has 0 aromatic heterocycles. The third-order valence-corrected chi connectivity index (χ3v) is 4.23. The summed E-state index contributed by atoms with van der Waals surface area (Å²) >= 11 is 0. The maximum atomic E-state index is 12.3. The van der Waals surface area contributed by atoms with E-state index in [1.807, 2.05) is 0 Å². The second kappa shape index (κ2) is 6.09. The second-order valence-electron chi connectivity index (χ2n) is 5.64. The highest BCUT2D eigenvalue weighted by molar-refractivity contribution is 5.96. The van der Waals surface area contributed by atoms with Gasteiger partial charge in [0.25, 0.3) is 5.91 Å². The van der Waals surface area contributed by atoms with Crippen LogP contribution in [0.2, 0.25) is 0 Å². The number of nitrogens with one attached hydrogen (secondary N) is 1. The number of benzene rings is 1. The maximum Gasteiger partial charge on any atom is 0.251 e. The molecule has 1 aromatic carbocycles. The van der Waals surface area contributed by atoms with Crippen molar-refractivity contribution in [3.8, 4) is 5.75 Å². The van der Waals surface area contributed by atoms with Crippen molar-refractivity contribution in [2.24, 2.45) is 5.92 Å². The van der Waals surface area contributed by atoms with Crippen LogP contribution in [-0.4, -0.2) is 17.1 Å². The number of hydrogen-bond acceptors (Lipinski definition) is 2. The Morgan fingerprint density at radius 1 is 1.26 bits per heavy atom. The molecule has 2 rings (SSSR count). The molecule has 0 aliphatic heterocycles. The quantitative estimate of drug-likeness (QED) is 0.802. The molecule has 19 heavy (non-hydrogen) atoms. The van der Waals surface area contributed by atoms with Gasteiger partial charge in [-0.2, -0.15) is 0 Å². The summed E-state index contributed by atoms with van der Waals surface area (Å²) in [5, 5.41) is 12.8. The fraction of sp³-hybridized carbons (Fsp3) is 0.562. The van der Waals surface area contributed by atoms with Crippen molar-refractivity contribution in [2.75, 3.05) is 0 Å². The molecule has 3 nitrogen and oxygen atoms in total. The highest BCUT2D eigenvalue weighted by Crippen LogP contribution is 2.24. The summed E-state index contributed by atoms with van der Waals surface area (Å²) in [6.07, 6.45) is 5.96. The Kier molecular flexibility index (Phi) is 4.46. The van der Waals surface area contributed by atoms with Gasteiger partial charge in [0.1, 0.15) is 5.75 Å². The van der Waals surface area contributed by atoms with Crippen LogP contribution in [0.3, 0.4) is 0 Å². The zero-order valence-corrected chi connectivity index (χ0v) is 11.8. The Morgan fingerprint density at radius 2 is 2.00 bits per heavy atom. The van der Waals surface area contributed by atoms with E-state index < -0.39 is 0 Å². The minimum Gasteiger partial charge on any atom is -0.508 e. The van der Waals surface area contributed by atoms with E-state index >= 15 is 0 Å². The summed E-state index contributed by atoms with van der Waals surface area (Å²) in [5.41, 5.74) is 1.23. The van der Waals surface area contributed by atoms with Crippen LogP contribution in [0, 0.1) is 12.8 Å². The molecule has 1 aliphatic rings. The van der Waals surface area contributed by atoms with Crippen molar-refractivity contribution in [3.63, 3.8) is 0 Å². The van der Waals surface area contributed by atoms with Gasteiger partial charge in [-0.1, -0.05) is 32.3 Å². The first-order valence-electron chi connectivity index (χ1n) is 7.19. The molecule has 104 valence electrons. The van der Waals surface area contributed by atoms with Gasteiger partial charge in [-0.3, -0.25) is 4.79 Å². The van der Waals surface area contributed by atoms with Gasteiger partial charge < -0.3 is 10.4 Å². The molecule has 2 unspecified atom stereocenters. The van der Waals surface area contributed by atoms with Crippen LogP contribution in [0.5, 0.6) is 5.75 Å². The first-order chi connectivity index (χ1) is 9.09. The third kappa shape index (κ3) is 3.28. The lowest BCUT2D eigenvalue weighted by Gasteiger charge is -2.23. The predicted molar refractivity (Wildman–Crippen MR) is 76.3 cm³/mol. The van der Waals surface area contributed by atoms with Gasteiger partial charge in [0.15, 0.2) is 0 Å². The normalized spacial score (nSPS) is 23.7. The maximum absolute atomic E-state index is 12.3. The minimum absolute atomic E-state index is 0.0628. The van der Waals surface area contributed by atoms with Crippen molar-refractivity contribution in [1.82, 2.24) is 5.32 Å². The van der Waals surface area contributed by atoms with Crippen LogP contribution in [0.1, 0.15) is 54.9 Å². The number of hydrogen-bond donors (Lipinski definition) is 2. The number of rotatable bonds is 2. The lowest BCUT2D eigenvalue weighted by atomic mass is 9.96. The predicted octanol–water partition coefficient (Wildman–Crippen LogP) is 3.40. The number of carbonyl (C=O) groups is 1. The molecule has 0 spiro atoms. The molecule has 1 aromatic rings. The number of carbonyl (C=O) groups excluding carboxylic acids is 1. The fourth-order valence-corrected chi connectivity index (χ4v) is 2.82. The van der Waals surface area contributed by atoms with Gasteiger partial charge in [-0.25, -0.2) is 0 Å². The van der Waals surface area contributed by atoms with E-state index in [0.717, 1.165) is 6.42 Å². The minimum atomic E-state index is -0.0628. The molecule has 0 heterocycles. The van der Waals surface area contributed by atoms with Crippen molar-refractivity contribution in [2.45, 2.75) is 52.0 Å². The van der Waals surface area contributed by atoms with Gasteiger partial charge in [-0.05, 0) is 37.8 Å². The summed E-state index contributed by atoms with van der Waals surface area (Å²) in [6.45, 7) is 3.99. The van der Waals surface area contributed by atoms with E-state index in [0.29, 0.717) is 17.0 Å². The Morgan fingerprint density at radius 3 is 2.79 bits per heavy atom. The largest absolute Gasteiger partial charge is 0.508 e. The molecular weight excluding hydrogens is 238 g/mol. The Hall–Kier alpha value is -1.51. The van der Waals surface area contributed by atoms with Crippen LogP contribution in [-0.2, 0) is 0 Å². The molecule has 1 aliphatic carbocycles. The Labute approximate surface area is 115 Å². The summed E-state index contributed by atoms with van der Waals surface area (Å²) in [6, 6.07) is 5.36. The van der Waals surface area contributed by atoms with Gasteiger partial charge in [0.05, 0.1) is 0 Å². The lowest BCUT2D eigenvalue weighted by Crippen LogP contribution is -2.39. The number of amides is 1. The monoisotopic (exact) mass is 261 g/mol. The summed E-state index contributed by atoms with van der Waals surface area (Å²) in [4.78, 5) is 12.3. The zero-order chi connectivity index (χ0) is 13.8. The molecule has 0 bridgehead atoms. The fourth-order valence-electron chi connectivity index (χ4n) is 2.82. The molecule has 1 saturated carbocycles. The average molecular weight is 261 g/mol. The zero-order valence-electron chi connectivity index (χ0n) is 11.8. The van der Waals surface area contributed by atoms with Crippen LogP contribution >= 0.6 is 0 Å². The number of aromatic hydroxyl groups is 1. The van der Waals surface area contributed by atoms with E-state index in [9.17, 15) is 9.90 Å². The standard InChI is InChI=1S/C16H23NO2/c1-11-7-4-3-5-9-14(11)17-16(19)13-8-6-10-15(18)12(13)2/h6,8,10-11,14,18H,3-5,7,9H2,1-2H3,(H,17,19). The van der Waals surface area contributed by atoms with Gasteiger partial charge in [0, 0.05) is 17.2 Å². The summed E-state index contributed by atoms with van der Waals surface area (Å²) in [5.74, 6) is 0.651. The molecule has 2 N–H and O–H groups in total. The summed E-state index contributed by atoms with van der Waals surface area (Å²) < 4.78 is 0. The van der Waals surface area contributed by atoms with E-state index in [4.69, 9.17) is 0 Å². The molecule has 1 fully saturated rings. The molecule has 0 saturated heterocycles. The van der Waals surface area contributed by atoms with Gasteiger partial charge in [0.2, 0.25) is 0 Å². The second-order valence-corrected chi connectivity index (χ2v) is 5.64. The van der Waals surface area contributed by atoms with E-state index in [1.54, 1.807) is 25.1 Å². The topological polar surface area (TPSA) is 49.3 Å². The first-order valence-corrected chi connectivity index (χ1v) is 7.19. The van der Waals surface area contributed by atoms with E-state index in [2.05, 4.69) is 12.2 Å². The Balaban J connectivity index is 2.09. The van der Waals surface area contributed by atoms with Crippen LogP contribution in [0.4, 0.5) is 0 Å². The highest BCUT2D eigenvalue weighted by atomic mass is 16.3. The van der Waals surface area contributed by atoms with Crippen molar-refractivity contribution in [3.05, 3.63) is 29.3 Å². The van der Waals surface area contributed by atoms with Crippen molar-refractivity contribution in [1.29, 1.82) is 0 Å². The van der Waals surface area contributed by atoms with Gasteiger partial charge in [-0.15, -0.1) is 0 Å². The smallest absolute Gasteiger partial charge is 0.251 e. The summed E-state index contributed by atoms with van der Waals surface area (Å²) in [7, 11) is 0. The van der Waals surface area contributed by atoms with Crippen LogP contribution in [0.15, 0.2) is 18.2 Å². The SMILES string of the molecule is Cc1c(O)cccc1C(=O)NC1CCCCCC1C.